The van der Waals surface area contributed by atoms with E-state index in [1.165, 1.54) is 36.4 Å². The van der Waals surface area contributed by atoms with Crippen LogP contribution in [0.1, 0.15) is 36.1 Å². The van der Waals surface area contributed by atoms with Crippen LogP contribution in [0.2, 0.25) is 0 Å². The normalized spacial score (nSPS) is 15.9. The van der Waals surface area contributed by atoms with E-state index in [0.29, 0.717) is 29.2 Å². The van der Waals surface area contributed by atoms with Gasteiger partial charge in [-0.15, -0.1) is 0 Å². The Bertz CT molecular complexity index is 1160. The number of hydrogen-bond acceptors (Lipinski definition) is 6. The number of nitrogens with one attached hydrogen (secondary N) is 2. The molecule has 0 spiro atoms. The zero-order valence-electron chi connectivity index (χ0n) is 19.8. The fraction of sp³-hybridized carbons (Fsp3) is 0.240. The lowest BCUT2D eigenvalue weighted by molar-refractivity contribution is -0.138. The van der Waals surface area contributed by atoms with E-state index >= 15 is 0 Å². The van der Waals surface area contributed by atoms with Gasteiger partial charge >= 0.3 is 12.4 Å². The molecule has 0 fully saturated rings. The van der Waals surface area contributed by atoms with Crippen molar-refractivity contribution in [2.75, 3.05) is 6.54 Å². The number of aliphatic imine (C=N–C) groups is 2. The fourth-order valence-corrected chi connectivity index (χ4v) is 3.10. The molecular weight excluding hydrogens is 498 g/mol. The number of amidine groups is 1. The Morgan fingerprint density at radius 2 is 1.32 bits per heavy atom. The van der Waals surface area contributed by atoms with Gasteiger partial charge < -0.3 is 5.43 Å². The van der Waals surface area contributed by atoms with Crippen LogP contribution in [0.4, 0.5) is 26.3 Å². The van der Waals surface area contributed by atoms with Crippen LogP contribution in [0.3, 0.4) is 0 Å². The summed E-state index contributed by atoms with van der Waals surface area (Å²) < 4.78 is 76.9. The van der Waals surface area contributed by atoms with Crippen molar-refractivity contribution in [1.29, 1.82) is 0 Å². The summed E-state index contributed by atoms with van der Waals surface area (Å²) in [6.07, 6.45) is -2.77. The minimum atomic E-state index is -4.45. The van der Waals surface area contributed by atoms with E-state index < -0.39 is 28.9 Å². The van der Waals surface area contributed by atoms with Crippen molar-refractivity contribution in [2.45, 2.75) is 26.2 Å². The lowest BCUT2D eigenvalue weighted by Gasteiger charge is -2.27. The molecule has 196 valence electrons. The first-order valence-electron chi connectivity index (χ1n) is 10.9. The summed E-state index contributed by atoms with van der Waals surface area (Å²) in [6, 6.07) is 9.06. The zero-order valence-corrected chi connectivity index (χ0v) is 19.8. The van der Waals surface area contributed by atoms with E-state index in [9.17, 15) is 26.3 Å². The first-order chi connectivity index (χ1) is 17.3. The Kier molecular flexibility index (Phi) is 8.22. The van der Waals surface area contributed by atoms with Crippen molar-refractivity contribution < 1.29 is 26.3 Å². The molecule has 0 amide bonds. The van der Waals surface area contributed by atoms with Crippen LogP contribution in [-0.4, -0.2) is 24.1 Å². The second-order valence-electron chi connectivity index (χ2n) is 8.68. The Morgan fingerprint density at radius 3 is 1.73 bits per heavy atom. The second-order valence-corrected chi connectivity index (χ2v) is 8.68. The topological polar surface area (TPSA) is 87.2 Å². The van der Waals surface area contributed by atoms with Crippen molar-refractivity contribution in [3.63, 3.8) is 0 Å². The van der Waals surface area contributed by atoms with E-state index in [1.54, 1.807) is 12.2 Å². The maximum atomic E-state index is 12.8. The highest BCUT2D eigenvalue weighted by molar-refractivity contribution is 6.09. The quantitative estimate of drug-likeness (QED) is 0.205. The minimum Gasteiger partial charge on any atom is -0.311 e. The number of benzene rings is 2. The second kappa shape index (κ2) is 11.0. The van der Waals surface area contributed by atoms with Crippen molar-refractivity contribution in [2.24, 2.45) is 26.3 Å². The molecule has 0 atom stereocenters. The predicted octanol–water partition coefficient (Wildman–Crippen LogP) is 5.65. The lowest BCUT2D eigenvalue weighted by atomic mass is 9.91. The number of guanidine groups is 1. The molecule has 37 heavy (non-hydrogen) atoms. The molecule has 0 aromatic heterocycles. The summed E-state index contributed by atoms with van der Waals surface area (Å²) in [4.78, 5) is 8.59. The molecule has 1 aliphatic rings. The van der Waals surface area contributed by atoms with Crippen LogP contribution in [0.25, 0.3) is 12.2 Å². The van der Waals surface area contributed by atoms with Crippen LogP contribution < -0.4 is 16.7 Å². The van der Waals surface area contributed by atoms with Gasteiger partial charge in [0.15, 0.2) is 0 Å². The summed E-state index contributed by atoms with van der Waals surface area (Å²) >= 11 is 0. The summed E-state index contributed by atoms with van der Waals surface area (Å²) in [5, 5.41) is 4.23. The average Bonchev–Trinajstić information content (AvgIpc) is 2.83. The molecule has 6 nitrogen and oxygen atoms in total. The summed E-state index contributed by atoms with van der Waals surface area (Å²) in [5.41, 5.74) is 4.54. The zero-order chi connectivity index (χ0) is 27.3. The van der Waals surface area contributed by atoms with Gasteiger partial charge in [-0.05, 0) is 47.5 Å². The molecule has 1 aliphatic heterocycles. The van der Waals surface area contributed by atoms with Crippen LogP contribution in [-0.2, 0) is 12.4 Å². The van der Waals surface area contributed by atoms with Crippen LogP contribution in [0.15, 0.2) is 75.8 Å². The maximum Gasteiger partial charge on any atom is 0.416 e. The first kappa shape index (κ1) is 27.7. The smallest absolute Gasteiger partial charge is 0.311 e. The van der Waals surface area contributed by atoms with Crippen LogP contribution in [0.5, 0.6) is 0 Å². The Labute approximate surface area is 209 Å². The molecule has 0 saturated carbocycles. The van der Waals surface area contributed by atoms with Crippen molar-refractivity contribution in [3.05, 3.63) is 82.9 Å². The number of halogens is 6. The summed E-state index contributed by atoms with van der Waals surface area (Å²) in [7, 11) is 0. The minimum absolute atomic E-state index is 0.177. The monoisotopic (exact) mass is 522 g/mol. The van der Waals surface area contributed by atoms with Gasteiger partial charge in [-0.3, -0.25) is 0 Å². The maximum absolute atomic E-state index is 12.8. The SMILES string of the molecule is CC1(C)CN=C(NN=C(C=Cc2ccc(C(F)(F)F)cc2)C=Cc2ccc(C(F)(F)F)cc2)N=C1NN. The van der Waals surface area contributed by atoms with E-state index in [1.807, 2.05) is 13.8 Å². The average molecular weight is 522 g/mol. The molecule has 0 radical (unpaired) electrons. The van der Waals surface area contributed by atoms with Gasteiger partial charge in [0.1, 0.15) is 5.84 Å². The Balaban J connectivity index is 1.85. The molecule has 12 heteroatoms. The lowest BCUT2D eigenvalue weighted by Crippen LogP contribution is -2.46. The Hall–Kier alpha value is -3.93. The number of hydrogen-bond donors (Lipinski definition) is 3. The molecule has 2 aromatic carbocycles. The van der Waals surface area contributed by atoms with Crippen LogP contribution in [0, 0.1) is 5.41 Å². The standard InChI is InChI=1S/C25H24F6N6/c1-23(2)15-33-22(34-21(23)35-32)37-36-20(13-7-16-3-9-18(10-4-16)24(26,27)28)14-8-17-5-11-19(12-6-17)25(29,30)31/h3-14H,15,32H2,1-2H3,(H2,33,34,35,37). The van der Waals surface area contributed by atoms with Gasteiger partial charge in [0.25, 0.3) is 0 Å². The van der Waals surface area contributed by atoms with Gasteiger partial charge in [0.05, 0.1) is 23.4 Å². The molecule has 4 N–H and O–H groups in total. The first-order valence-corrected chi connectivity index (χ1v) is 10.9. The molecule has 3 rings (SSSR count). The molecule has 0 unspecified atom stereocenters. The Morgan fingerprint density at radius 1 is 0.865 bits per heavy atom. The number of hydrazine groups is 1. The van der Waals surface area contributed by atoms with Gasteiger partial charge in [0.2, 0.25) is 5.96 Å². The van der Waals surface area contributed by atoms with E-state index in [4.69, 9.17) is 5.84 Å². The van der Waals surface area contributed by atoms with Crippen LogP contribution >= 0.6 is 0 Å². The molecule has 0 aliphatic carbocycles. The molecule has 0 bridgehead atoms. The van der Waals surface area contributed by atoms with Crippen molar-refractivity contribution in [1.82, 2.24) is 10.9 Å². The third-order valence-electron chi connectivity index (χ3n) is 5.27. The third kappa shape index (κ3) is 7.78. The molecule has 1 heterocycles. The fourth-order valence-electron chi connectivity index (χ4n) is 3.10. The molecule has 2 aromatic rings. The van der Waals surface area contributed by atoms with Gasteiger partial charge in [0, 0.05) is 5.41 Å². The van der Waals surface area contributed by atoms with Gasteiger partial charge in [-0.2, -0.15) is 36.4 Å². The van der Waals surface area contributed by atoms with Gasteiger partial charge in [-0.1, -0.05) is 50.3 Å². The molecular formula is C25H24F6N6. The van der Waals surface area contributed by atoms with Gasteiger partial charge in [-0.25, -0.2) is 16.3 Å². The number of nitrogens with two attached hydrogens (primary N) is 1. The number of rotatable bonds is 5. The predicted molar refractivity (Wildman–Crippen MR) is 132 cm³/mol. The van der Waals surface area contributed by atoms with Crippen molar-refractivity contribution in [3.8, 4) is 0 Å². The highest BCUT2D eigenvalue weighted by atomic mass is 19.4. The van der Waals surface area contributed by atoms with E-state index in [-0.39, 0.29) is 5.96 Å². The number of alkyl halides is 6. The summed E-state index contributed by atoms with van der Waals surface area (Å²) in [5.74, 6) is 6.20. The summed E-state index contributed by atoms with van der Waals surface area (Å²) in [6.45, 7) is 4.19. The van der Waals surface area contributed by atoms with E-state index in [2.05, 4.69) is 25.9 Å². The highest BCUT2D eigenvalue weighted by Gasteiger charge is 2.31. The number of hydrazone groups is 1. The third-order valence-corrected chi connectivity index (χ3v) is 5.27. The number of nitrogens with zero attached hydrogens (tertiary/aromatic N) is 3. The largest absolute Gasteiger partial charge is 0.416 e. The number of allylic oxidation sites excluding steroid dienone is 2. The van der Waals surface area contributed by atoms with Crippen molar-refractivity contribution >= 4 is 29.7 Å². The highest BCUT2D eigenvalue weighted by Crippen LogP contribution is 2.30. The molecule has 0 saturated heterocycles. The van der Waals surface area contributed by atoms with E-state index in [0.717, 1.165) is 24.3 Å².